The number of nitrogens with one attached hydrogen (secondary N) is 2. The number of rotatable bonds is 3. The van der Waals surface area contributed by atoms with Crippen molar-refractivity contribution in [2.75, 3.05) is 5.32 Å². The Morgan fingerprint density at radius 3 is 3.00 bits per heavy atom. The molecule has 0 bridgehead atoms. The molecule has 0 amide bonds. The first-order chi connectivity index (χ1) is 6.75. The molecule has 0 fully saturated rings. The van der Waals surface area contributed by atoms with Gasteiger partial charge < -0.3 is 5.32 Å². The van der Waals surface area contributed by atoms with E-state index >= 15 is 0 Å². The molecular weight excluding hydrogens is 220 g/mol. The van der Waals surface area contributed by atoms with Gasteiger partial charge in [-0.3, -0.25) is 5.10 Å². The lowest BCUT2D eigenvalue weighted by molar-refractivity contribution is 0.883. The molecule has 2 aromatic rings. The first kappa shape index (κ1) is 9.48. The molecule has 2 heterocycles. The maximum Gasteiger partial charge on any atom is 0.184 e. The summed E-state index contributed by atoms with van der Waals surface area (Å²) in [6.45, 7) is 2.04. The molecule has 0 aliphatic rings. The molecule has 2 rings (SSSR count). The predicted octanol–water partition coefficient (Wildman–Crippen LogP) is 2.69. The molecule has 74 valence electrons. The molecule has 0 aromatic carbocycles. The molecular formula is C8H9ClN4S. The molecule has 1 unspecified atom stereocenters. The fourth-order valence-electron chi connectivity index (χ4n) is 1.09. The highest BCUT2D eigenvalue weighted by Gasteiger charge is 2.08. The summed E-state index contributed by atoms with van der Waals surface area (Å²) in [6.07, 6.45) is 5.27. The van der Waals surface area contributed by atoms with Crippen LogP contribution >= 0.6 is 22.9 Å². The molecule has 4 nitrogen and oxygen atoms in total. The lowest BCUT2D eigenvalue weighted by Gasteiger charge is -2.09. The number of aromatic nitrogens is 3. The van der Waals surface area contributed by atoms with E-state index in [4.69, 9.17) is 11.6 Å². The molecule has 0 aliphatic carbocycles. The van der Waals surface area contributed by atoms with Gasteiger partial charge in [0, 0.05) is 11.8 Å². The van der Waals surface area contributed by atoms with E-state index in [0.29, 0.717) is 4.34 Å². The zero-order chi connectivity index (χ0) is 9.97. The summed E-state index contributed by atoms with van der Waals surface area (Å²) in [5.41, 5.74) is 1.09. The van der Waals surface area contributed by atoms with Crippen molar-refractivity contribution in [3.63, 3.8) is 0 Å². The molecule has 0 aliphatic heterocycles. The van der Waals surface area contributed by atoms with Gasteiger partial charge in [0.25, 0.3) is 0 Å². The van der Waals surface area contributed by atoms with Gasteiger partial charge in [0.1, 0.15) is 4.34 Å². The Bertz CT molecular complexity index is 397. The van der Waals surface area contributed by atoms with Crippen LogP contribution < -0.4 is 5.32 Å². The van der Waals surface area contributed by atoms with Gasteiger partial charge in [-0.2, -0.15) is 5.10 Å². The van der Waals surface area contributed by atoms with Crippen molar-refractivity contribution in [2.24, 2.45) is 0 Å². The summed E-state index contributed by atoms with van der Waals surface area (Å²) in [4.78, 5) is 4.11. The van der Waals surface area contributed by atoms with Crippen LogP contribution in [0.3, 0.4) is 0 Å². The van der Waals surface area contributed by atoms with E-state index in [9.17, 15) is 0 Å². The standard InChI is InChI=1S/C8H9ClN4S/c1-5(6-2-11-12-3-6)13-8-10-4-7(9)14-8/h2-5H,1H3,(H,10,13)(H,11,12). The minimum Gasteiger partial charge on any atom is -0.355 e. The molecule has 0 spiro atoms. The quantitative estimate of drug-likeness (QED) is 0.849. The van der Waals surface area contributed by atoms with Crippen molar-refractivity contribution < 1.29 is 0 Å². The van der Waals surface area contributed by atoms with E-state index in [1.807, 2.05) is 13.1 Å². The van der Waals surface area contributed by atoms with Crippen LogP contribution in [0.5, 0.6) is 0 Å². The number of hydrogen-bond acceptors (Lipinski definition) is 4. The maximum atomic E-state index is 5.77. The Labute approximate surface area is 90.3 Å². The van der Waals surface area contributed by atoms with Gasteiger partial charge in [0.15, 0.2) is 5.13 Å². The monoisotopic (exact) mass is 228 g/mol. The van der Waals surface area contributed by atoms with Gasteiger partial charge in [-0.05, 0) is 6.92 Å². The number of aromatic amines is 1. The topological polar surface area (TPSA) is 53.6 Å². The van der Waals surface area contributed by atoms with E-state index in [1.165, 1.54) is 11.3 Å². The van der Waals surface area contributed by atoms with E-state index in [1.54, 1.807) is 12.4 Å². The fourth-order valence-corrected chi connectivity index (χ4v) is 1.99. The van der Waals surface area contributed by atoms with Gasteiger partial charge >= 0.3 is 0 Å². The van der Waals surface area contributed by atoms with Crippen molar-refractivity contribution in [1.82, 2.24) is 15.2 Å². The molecule has 14 heavy (non-hydrogen) atoms. The largest absolute Gasteiger partial charge is 0.355 e. The second kappa shape index (κ2) is 3.98. The lowest BCUT2D eigenvalue weighted by Crippen LogP contribution is -2.04. The van der Waals surface area contributed by atoms with Crippen molar-refractivity contribution in [1.29, 1.82) is 0 Å². The van der Waals surface area contributed by atoms with E-state index in [0.717, 1.165) is 10.7 Å². The van der Waals surface area contributed by atoms with Crippen molar-refractivity contribution in [2.45, 2.75) is 13.0 Å². The highest BCUT2D eigenvalue weighted by molar-refractivity contribution is 7.19. The van der Waals surface area contributed by atoms with Crippen molar-refractivity contribution in [3.05, 3.63) is 28.5 Å². The van der Waals surface area contributed by atoms with Crippen LogP contribution in [0.25, 0.3) is 0 Å². The third-order valence-electron chi connectivity index (χ3n) is 1.84. The number of halogens is 1. The van der Waals surface area contributed by atoms with Gasteiger partial charge in [0.05, 0.1) is 18.4 Å². The van der Waals surface area contributed by atoms with Gasteiger partial charge in [-0.15, -0.1) is 0 Å². The summed E-state index contributed by atoms with van der Waals surface area (Å²) in [5.74, 6) is 0. The summed E-state index contributed by atoms with van der Waals surface area (Å²) in [5, 5.41) is 10.7. The second-order valence-corrected chi connectivity index (χ2v) is 4.53. The van der Waals surface area contributed by atoms with Crippen LogP contribution in [0.4, 0.5) is 5.13 Å². The van der Waals surface area contributed by atoms with Crippen LogP contribution in [-0.2, 0) is 0 Å². The maximum absolute atomic E-state index is 5.77. The van der Waals surface area contributed by atoms with Crippen LogP contribution in [-0.4, -0.2) is 15.2 Å². The highest BCUT2D eigenvalue weighted by atomic mass is 35.5. The van der Waals surface area contributed by atoms with E-state index in [-0.39, 0.29) is 6.04 Å². The first-order valence-corrected chi connectivity index (χ1v) is 5.31. The fraction of sp³-hybridized carbons (Fsp3) is 0.250. The number of hydrogen-bond donors (Lipinski definition) is 2. The molecule has 0 saturated carbocycles. The van der Waals surface area contributed by atoms with Gasteiger partial charge in [0.2, 0.25) is 0 Å². The van der Waals surface area contributed by atoms with E-state index < -0.39 is 0 Å². The van der Waals surface area contributed by atoms with Crippen LogP contribution in [0, 0.1) is 0 Å². The van der Waals surface area contributed by atoms with Crippen LogP contribution in [0.1, 0.15) is 18.5 Å². The molecule has 2 N–H and O–H groups in total. The SMILES string of the molecule is CC(Nc1ncc(Cl)s1)c1cn[nH]c1. The summed E-state index contributed by atoms with van der Waals surface area (Å²) >= 11 is 7.19. The van der Waals surface area contributed by atoms with Gasteiger partial charge in [-0.1, -0.05) is 22.9 Å². The second-order valence-electron chi connectivity index (χ2n) is 2.87. The van der Waals surface area contributed by atoms with Crippen LogP contribution in [0.15, 0.2) is 18.6 Å². The Balaban J connectivity index is 2.05. The molecule has 1 atom stereocenters. The number of thiazole rings is 1. The number of H-pyrrole nitrogens is 1. The summed E-state index contributed by atoms with van der Waals surface area (Å²) < 4.78 is 0.687. The third kappa shape index (κ3) is 2.05. The molecule has 0 radical (unpaired) electrons. The molecule has 6 heteroatoms. The summed E-state index contributed by atoms with van der Waals surface area (Å²) in [6, 6.07) is 0.177. The zero-order valence-electron chi connectivity index (χ0n) is 7.49. The Hall–Kier alpha value is -1.07. The number of nitrogens with zero attached hydrogens (tertiary/aromatic N) is 2. The Morgan fingerprint density at radius 2 is 2.43 bits per heavy atom. The van der Waals surface area contributed by atoms with Gasteiger partial charge in [-0.25, -0.2) is 4.98 Å². The Kier molecular flexibility index (Phi) is 2.69. The minimum atomic E-state index is 0.177. The minimum absolute atomic E-state index is 0.177. The van der Waals surface area contributed by atoms with Crippen molar-refractivity contribution in [3.8, 4) is 0 Å². The predicted molar refractivity (Wildman–Crippen MR) is 57.7 cm³/mol. The third-order valence-corrected chi connectivity index (χ3v) is 2.88. The normalized spacial score (nSPS) is 12.7. The molecule has 0 saturated heterocycles. The summed E-state index contributed by atoms with van der Waals surface area (Å²) in [7, 11) is 0. The molecule has 2 aromatic heterocycles. The van der Waals surface area contributed by atoms with Crippen LogP contribution in [0.2, 0.25) is 4.34 Å². The zero-order valence-corrected chi connectivity index (χ0v) is 9.06. The first-order valence-electron chi connectivity index (χ1n) is 4.12. The number of anilines is 1. The lowest BCUT2D eigenvalue weighted by atomic mass is 10.2. The van der Waals surface area contributed by atoms with E-state index in [2.05, 4.69) is 20.5 Å². The highest BCUT2D eigenvalue weighted by Crippen LogP contribution is 2.25. The van der Waals surface area contributed by atoms with Crippen molar-refractivity contribution >= 4 is 28.1 Å². The smallest absolute Gasteiger partial charge is 0.184 e. The Morgan fingerprint density at radius 1 is 1.57 bits per heavy atom. The average molecular weight is 229 g/mol. The average Bonchev–Trinajstić information content (AvgIpc) is 2.75.